The lowest BCUT2D eigenvalue weighted by molar-refractivity contribution is -0.140. The molecule has 2 rings (SSSR count). The van der Waals surface area contributed by atoms with Crippen LogP contribution in [0, 0.1) is 5.92 Å². The smallest absolute Gasteiger partial charge is 0.262 e. The minimum Gasteiger partial charge on any atom is -0.274 e. The molecule has 0 aromatic carbocycles. The molecule has 0 aliphatic carbocycles. The lowest BCUT2D eigenvalue weighted by Crippen LogP contribution is -2.45. The van der Waals surface area contributed by atoms with E-state index in [0.717, 1.165) is 4.88 Å². The number of carbonyl (C=O) groups excluding carboxylic acids is 2. The van der Waals surface area contributed by atoms with Crippen LogP contribution < -0.4 is 0 Å². The van der Waals surface area contributed by atoms with Gasteiger partial charge in [-0.1, -0.05) is 19.9 Å². The third-order valence-electron chi connectivity index (χ3n) is 3.37. The maximum atomic E-state index is 12.4. The number of imide groups is 1. The van der Waals surface area contributed by atoms with Crippen molar-refractivity contribution < 1.29 is 9.59 Å². The Morgan fingerprint density at radius 1 is 1.50 bits per heavy atom. The fourth-order valence-electron chi connectivity index (χ4n) is 1.88. The third-order valence-corrected chi connectivity index (χ3v) is 4.23. The van der Waals surface area contributed by atoms with Gasteiger partial charge in [-0.15, -0.1) is 11.3 Å². The van der Waals surface area contributed by atoms with Crippen molar-refractivity contribution in [3.05, 3.63) is 22.4 Å². The Morgan fingerprint density at radius 2 is 2.17 bits per heavy atom. The molecule has 0 fully saturated rings. The van der Waals surface area contributed by atoms with Crippen molar-refractivity contribution in [2.75, 3.05) is 0 Å². The zero-order chi connectivity index (χ0) is 13.5. The zero-order valence-corrected chi connectivity index (χ0v) is 11.7. The van der Waals surface area contributed by atoms with E-state index in [2.05, 4.69) is 4.99 Å². The summed E-state index contributed by atoms with van der Waals surface area (Å²) >= 11 is 1.48. The van der Waals surface area contributed by atoms with Crippen LogP contribution in [0.5, 0.6) is 0 Å². The third kappa shape index (κ3) is 1.79. The van der Waals surface area contributed by atoms with Gasteiger partial charge in [-0.2, -0.15) is 0 Å². The molecule has 0 spiro atoms. The summed E-state index contributed by atoms with van der Waals surface area (Å²) in [4.78, 5) is 30.7. The molecule has 1 aromatic rings. The minimum absolute atomic E-state index is 0.0457. The van der Waals surface area contributed by atoms with Crippen LogP contribution in [0.2, 0.25) is 0 Å². The lowest BCUT2D eigenvalue weighted by atomic mass is 9.89. The van der Waals surface area contributed by atoms with E-state index in [1.54, 1.807) is 6.92 Å². The number of amides is 2. The quantitative estimate of drug-likeness (QED) is 0.823. The Bertz CT molecular complexity index is 519. The summed E-state index contributed by atoms with van der Waals surface area (Å²) in [5, 5.41) is 1.91. The van der Waals surface area contributed by atoms with Crippen LogP contribution in [0.4, 0.5) is 0 Å². The van der Waals surface area contributed by atoms with Crippen LogP contribution in [0.15, 0.2) is 22.5 Å². The van der Waals surface area contributed by atoms with Gasteiger partial charge in [-0.3, -0.25) is 9.59 Å². The van der Waals surface area contributed by atoms with Crippen LogP contribution in [-0.4, -0.2) is 28.1 Å². The second-order valence-electron chi connectivity index (χ2n) is 4.87. The Hall–Kier alpha value is -1.49. The number of rotatable bonds is 2. The van der Waals surface area contributed by atoms with Crippen molar-refractivity contribution in [2.24, 2.45) is 10.9 Å². The molecule has 1 aliphatic rings. The van der Waals surface area contributed by atoms with Crippen molar-refractivity contribution in [1.82, 2.24) is 4.90 Å². The summed E-state index contributed by atoms with van der Waals surface area (Å²) in [7, 11) is 0. The van der Waals surface area contributed by atoms with E-state index in [0.29, 0.717) is 5.84 Å². The molecule has 18 heavy (non-hydrogen) atoms. The van der Waals surface area contributed by atoms with Gasteiger partial charge in [-0.05, 0) is 24.3 Å². The van der Waals surface area contributed by atoms with Gasteiger partial charge >= 0.3 is 0 Å². The van der Waals surface area contributed by atoms with Crippen molar-refractivity contribution in [2.45, 2.75) is 33.2 Å². The van der Waals surface area contributed by atoms with Crippen LogP contribution in [0.1, 0.15) is 32.6 Å². The molecular weight excluding hydrogens is 248 g/mol. The van der Waals surface area contributed by atoms with Gasteiger partial charge in [0.25, 0.3) is 5.91 Å². The largest absolute Gasteiger partial charge is 0.274 e. The predicted molar refractivity (Wildman–Crippen MR) is 71.6 cm³/mol. The first kappa shape index (κ1) is 13.0. The molecule has 96 valence electrons. The van der Waals surface area contributed by atoms with Crippen molar-refractivity contribution in [1.29, 1.82) is 0 Å². The first-order valence-corrected chi connectivity index (χ1v) is 6.74. The van der Waals surface area contributed by atoms with Crippen molar-refractivity contribution in [3.63, 3.8) is 0 Å². The van der Waals surface area contributed by atoms with Crippen LogP contribution in [0.3, 0.4) is 0 Å². The fourth-order valence-corrected chi connectivity index (χ4v) is 2.58. The van der Waals surface area contributed by atoms with E-state index in [1.165, 1.54) is 23.2 Å². The highest BCUT2D eigenvalue weighted by Gasteiger charge is 2.48. The number of carbonyl (C=O) groups is 2. The molecule has 1 aromatic heterocycles. The first-order chi connectivity index (χ1) is 8.38. The Labute approximate surface area is 110 Å². The fraction of sp³-hybridized carbons (Fsp3) is 0.462. The summed E-state index contributed by atoms with van der Waals surface area (Å²) in [5.41, 5.74) is -0.842. The zero-order valence-electron chi connectivity index (χ0n) is 10.9. The lowest BCUT2D eigenvalue weighted by Gasteiger charge is -2.24. The normalized spacial score (nSPS) is 23.7. The number of amidine groups is 1. The van der Waals surface area contributed by atoms with Gasteiger partial charge in [0, 0.05) is 6.92 Å². The monoisotopic (exact) mass is 264 g/mol. The van der Waals surface area contributed by atoms with Gasteiger partial charge in [0.1, 0.15) is 5.54 Å². The topological polar surface area (TPSA) is 49.7 Å². The molecule has 2 amide bonds. The Kier molecular flexibility index (Phi) is 3.11. The van der Waals surface area contributed by atoms with Crippen molar-refractivity contribution >= 4 is 29.0 Å². The van der Waals surface area contributed by atoms with Gasteiger partial charge in [0.2, 0.25) is 5.91 Å². The maximum Gasteiger partial charge on any atom is 0.262 e. The van der Waals surface area contributed by atoms with E-state index in [1.807, 2.05) is 31.4 Å². The number of hydrogen-bond acceptors (Lipinski definition) is 4. The molecule has 0 radical (unpaired) electrons. The van der Waals surface area contributed by atoms with E-state index < -0.39 is 5.54 Å². The maximum absolute atomic E-state index is 12.4. The van der Waals surface area contributed by atoms with E-state index in [9.17, 15) is 9.59 Å². The van der Waals surface area contributed by atoms with Crippen LogP contribution in [0.25, 0.3) is 0 Å². The molecule has 0 saturated heterocycles. The average Bonchev–Trinajstić information content (AvgIpc) is 2.86. The second-order valence-corrected chi connectivity index (χ2v) is 5.82. The standard InChI is InChI=1S/C13H16N2O2S/c1-8(2)13(4)12(17)15(9(3)16)11(14-13)10-6-5-7-18-10/h5-8H,1-4H3. The summed E-state index contributed by atoms with van der Waals surface area (Å²) < 4.78 is 0. The molecule has 1 unspecified atom stereocenters. The van der Waals surface area contributed by atoms with Crippen molar-refractivity contribution in [3.8, 4) is 0 Å². The van der Waals surface area contributed by atoms with Crippen LogP contribution >= 0.6 is 11.3 Å². The van der Waals surface area contributed by atoms with Gasteiger partial charge < -0.3 is 0 Å². The highest BCUT2D eigenvalue weighted by molar-refractivity contribution is 7.12. The van der Waals surface area contributed by atoms with Gasteiger partial charge in [0.15, 0.2) is 5.84 Å². The number of thiophene rings is 1. The first-order valence-electron chi connectivity index (χ1n) is 5.86. The van der Waals surface area contributed by atoms with E-state index in [4.69, 9.17) is 0 Å². The molecule has 2 heterocycles. The minimum atomic E-state index is -0.842. The molecule has 0 N–H and O–H groups in total. The van der Waals surface area contributed by atoms with Gasteiger partial charge in [-0.25, -0.2) is 9.89 Å². The van der Waals surface area contributed by atoms with Crippen LogP contribution in [-0.2, 0) is 9.59 Å². The average molecular weight is 264 g/mol. The molecule has 5 heteroatoms. The molecule has 0 saturated carbocycles. The second kappa shape index (κ2) is 4.31. The summed E-state index contributed by atoms with van der Waals surface area (Å²) in [6.45, 7) is 7.07. The molecular formula is C13H16N2O2S. The Balaban J connectivity index is 2.54. The number of hydrogen-bond donors (Lipinski definition) is 0. The number of aliphatic imine (C=N–C) groups is 1. The predicted octanol–water partition coefficient (Wildman–Crippen LogP) is 2.30. The molecule has 1 aliphatic heterocycles. The Morgan fingerprint density at radius 3 is 2.61 bits per heavy atom. The highest BCUT2D eigenvalue weighted by Crippen LogP contribution is 2.33. The number of nitrogens with zero attached hydrogens (tertiary/aromatic N) is 2. The van der Waals surface area contributed by atoms with E-state index in [-0.39, 0.29) is 17.7 Å². The van der Waals surface area contributed by atoms with E-state index >= 15 is 0 Å². The SMILES string of the molecule is CC(=O)N1C(=O)C(C)(C(C)C)N=C1c1cccs1. The summed E-state index contributed by atoms with van der Waals surface area (Å²) in [5.74, 6) is 0.0212. The van der Waals surface area contributed by atoms with Gasteiger partial charge in [0.05, 0.1) is 4.88 Å². The molecule has 1 atom stereocenters. The highest BCUT2D eigenvalue weighted by atomic mass is 32.1. The molecule has 0 bridgehead atoms. The molecule has 4 nitrogen and oxygen atoms in total. The summed E-state index contributed by atoms with van der Waals surface area (Å²) in [6, 6.07) is 3.76. The summed E-state index contributed by atoms with van der Waals surface area (Å²) in [6.07, 6.45) is 0.